The van der Waals surface area contributed by atoms with Crippen molar-refractivity contribution in [3.8, 4) is 0 Å². The number of esters is 2. The molecule has 1 atom stereocenters. The van der Waals surface area contributed by atoms with Crippen LogP contribution in [0.4, 0.5) is 0 Å². The van der Waals surface area contributed by atoms with E-state index in [1.54, 1.807) is 0 Å². The van der Waals surface area contributed by atoms with Gasteiger partial charge in [-0.1, -0.05) is 88.1 Å². The fourth-order valence-corrected chi connectivity index (χ4v) is 5.41. The van der Waals surface area contributed by atoms with E-state index in [2.05, 4.69) is 62.5 Å². The minimum atomic E-state index is -0.469. The van der Waals surface area contributed by atoms with Gasteiger partial charge in [-0.15, -0.1) is 0 Å². The lowest BCUT2D eigenvalue weighted by molar-refractivity contribution is -0.159. The molecule has 6 heteroatoms. The van der Waals surface area contributed by atoms with E-state index >= 15 is 0 Å². The molecule has 0 aromatic rings. The largest absolute Gasteiger partial charge is 0.462 e. The molecule has 1 N–H and O–H groups in total. The first kappa shape index (κ1) is 46.8. The monoisotopic (exact) mass is 688 g/mol. The van der Waals surface area contributed by atoms with Crippen molar-refractivity contribution in [2.75, 3.05) is 33.4 Å². The standard InChI is InChI=1S/C43H77NO5/c1-4-6-8-10-12-14-16-18-20-22-24-26-28-30-32-34-42(46)48-40-41(36-37-44(3)38-39-45)49-43(47)35-33-31-29-27-25-23-21-19-17-15-13-11-9-7-5-2/h12-15,24-27,41,45H,4-11,16-23,28-40H2,1-3H3/b14-12-,15-13-,26-24-,27-25-/t41-/m0/s1. The van der Waals surface area contributed by atoms with Gasteiger partial charge in [0.1, 0.15) is 12.7 Å². The Balaban J connectivity index is 4.11. The van der Waals surface area contributed by atoms with Crippen LogP contribution in [-0.2, 0) is 19.1 Å². The van der Waals surface area contributed by atoms with Crippen molar-refractivity contribution in [3.05, 3.63) is 48.6 Å². The normalized spacial score (nSPS) is 12.8. The summed E-state index contributed by atoms with van der Waals surface area (Å²) in [6.45, 7) is 5.85. The molecule has 0 heterocycles. The molecule has 0 aromatic heterocycles. The maximum Gasteiger partial charge on any atom is 0.306 e. The highest BCUT2D eigenvalue weighted by Gasteiger charge is 2.18. The number of hydrogen-bond donors (Lipinski definition) is 1. The molecule has 0 saturated heterocycles. The van der Waals surface area contributed by atoms with Crippen LogP contribution in [-0.4, -0.2) is 61.4 Å². The SMILES string of the molecule is CCCCC/C=C\CCCC/C=C\CCCCC(=O)OC[C@H](CCN(C)CCO)OC(=O)CCCC/C=C\CCCC/C=C\CCCCC. The molecule has 49 heavy (non-hydrogen) atoms. The topological polar surface area (TPSA) is 76.1 Å². The van der Waals surface area contributed by atoms with Crippen molar-refractivity contribution in [3.63, 3.8) is 0 Å². The lowest BCUT2D eigenvalue weighted by Gasteiger charge is -2.21. The van der Waals surface area contributed by atoms with Gasteiger partial charge >= 0.3 is 11.9 Å². The molecule has 6 nitrogen and oxygen atoms in total. The molecule has 0 saturated carbocycles. The van der Waals surface area contributed by atoms with Gasteiger partial charge in [-0.25, -0.2) is 0 Å². The number of nitrogens with zero attached hydrogens (tertiary/aromatic N) is 1. The molecule has 0 unspecified atom stereocenters. The van der Waals surface area contributed by atoms with Gasteiger partial charge in [0.2, 0.25) is 0 Å². The van der Waals surface area contributed by atoms with Crippen molar-refractivity contribution in [1.29, 1.82) is 0 Å². The second-order valence-electron chi connectivity index (χ2n) is 13.5. The Kier molecular flexibility index (Phi) is 36.9. The second-order valence-corrected chi connectivity index (χ2v) is 13.5. The highest BCUT2D eigenvalue weighted by Crippen LogP contribution is 2.11. The predicted molar refractivity (Wildman–Crippen MR) is 209 cm³/mol. The van der Waals surface area contributed by atoms with E-state index in [1.165, 1.54) is 89.9 Å². The Labute approximate surface area is 302 Å². The van der Waals surface area contributed by atoms with Crippen molar-refractivity contribution >= 4 is 11.9 Å². The zero-order valence-corrected chi connectivity index (χ0v) is 32.2. The first-order valence-corrected chi connectivity index (χ1v) is 20.3. The van der Waals surface area contributed by atoms with Crippen LogP contribution in [0.2, 0.25) is 0 Å². The van der Waals surface area contributed by atoms with Gasteiger partial charge in [0, 0.05) is 32.4 Å². The maximum absolute atomic E-state index is 12.6. The predicted octanol–water partition coefficient (Wildman–Crippen LogP) is 11.4. The third-order valence-electron chi connectivity index (χ3n) is 8.64. The van der Waals surface area contributed by atoms with E-state index in [0.717, 1.165) is 51.4 Å². The van der Waals surface area contributed by atoms with Gasteiger partial charge in [0.05, 0.1) is 6.61 Å². The molecule has 0 aliphatic heterocycles. The van der Waals surface area contributed by atoms with Gasteiger partial charge < -0.3 is 19.5 Å². The van der Waals surface area contributed by atoms with Gasteiger partial charge in [-0.2, -0.15) is 0 Å². The van der Waals surface area contributed by atoms with E-state index in [4.69, 9.17) is 9.47 Å². The fourth-order valence-electron chi connectivity index (χ4n) is 5.41. The number of unbranched alkanes of at least 4 members (excludes halogenated alkanes) is 16. The number of ether oxygens (including phenoxy) is 2. The number of aliphatic hydroxyl groups is 1. The number of allylic oxidation sites excluding steroid dienone is 8. The van der Waals surface area contributed by atoms with Crippen LogP contribution < -0.4 is 0 Å². The number of carbonyl (C=O) groups excluding carboxylic acids is 2. The zero-order valence-electron chi connectivity index (χ0n) is 32.2. The number of hydrogen-bond acceptors (Lipinski definition) is 6. The maximum atomic E-state index is 12.6. The molecule has 0 bridgehead atoms. The summed E-state index contributed by atoms with van der Waals surface area (Å²) in [5.74, 6) is -0.467. The van der Waals surface area contributed by atoms with Crippen molar-refractivity contribution in [2.45, 2.75) is 180 Å². The average molecular weight is 688 g/mol. The number of rotatable bonds is 36. The van der Waals surface area contributed by atoms with E-state index in [-0.39, 0.29) is 25.2 Å². The summed E-state index contributed by atoms with van der Waals surface area (Å²) in [6.07, 6.45) is 44.4. The first-order valence-electron chi connectivity index (χ1n) is 20.3. The average Bonchev–Trinajstić information content (AvgIpc) is 3.09. The van der Waals surface area contributed by atoms with Gasteiger partial charge in [0.15, 0.2) is 0 Å². The highest BCUT2D eigenvalue weighted by atomic mass is 16.6. The molecule has 0 radical (unpaired) electrons. The summed E-state index contributed by atoms with van der Waals surface area (Å²) in [6, 6.07) is 0. The van der Waals surface area contributed by atoms with Gasteiger partial charge in [0.25, 0.3) is 0 Å². The van der Waals surface area contributed by atoms with Crippen molar-refractivity contribution in [2.24, 2.45) is 0 Å². The minimum absolute atomic E-state index is 0.0764. The van der Waals surface area contributed by atoms with Crippen LogP contribution in [0.3, 0.4) is 0 Å². The molecule has 0 spiro atoms. The molecule has 0 aliphatic rings. The summed E-state index contributed by atoms with van der Waals surface area (Å²) >= 11 is 0. The molecular weight excluding hydrogens is 610 g/mol. The van der Waals surface area contributed by atoms with Crippen LogP contribution in [0.5, 0.6) is 0 Å². The summed E-state index contributed by atoms with van der Waals surface area (Å²) in [4.78, 5) is 27.0. The van der Waals surface area contributed by atoms with Crippen LogP contribution in [0, 0.1) is 0 Å². The van der Waals surface area contributed by atoms with Crippen molar-refractivity contribution < 1.29 is 24.2 Å². The quantitative estimate of drug-likeness (QED) is 0.0401. The van der Waals surface area contributed by atoms with Crippen LogP contribution in [0.25, 0.3) is 0 Å². The van der Waals surface area contributed by atoms with E-state index in [9.17, 15) is 14.7 Å². The van der Waals surface area contributed by atoms with E-state index in [0.29, 0.717) is 32.4 Å². The molecule has 0 rings (SSSR count). The molecule has 0 aliphatic carbocycles. The molecule has 0 aromatic carbocycles. The summed E-state index contributed by atoms with van der Waals surface area (Å²) in [5.41, 5.74) is 0. The summed E-state index contributed by atoms with van der Waals surface area (Å²) in [5, 5.41) is 9.21. The second kappa shape index (κ2) is 38.6. The Bertz CT molecular complexity index is 849. The summed E-state index contributed by atoms with van der Waals surface area (Å²) in [7, 11) is 1.92. The highest BCUT2D eigenvalue weighted by molar-refractivity contribution is 5.70. The van der Waals surface area contributed by atoms with Gasteiger partial charge in [-0.05, 0) is 123 Å². The Hall–Kier alpha value is -2.18. The molecule has 0 amide bonds. The van der Waals surface area contributed by atoms with Crippen LogP contribution >= 0.6 is 0 Å². The minimum Gasteiger partial charge on any atom is -0.462 e. The molecular formula is C43H77NO5. The van der Waals surface area contributed by atoms with E-state index in [1.807, 2.05) is 11.9 Å². The Morgan fingerprint density at radius 1 is 0.551 bits per heavy atom. The number of likely N-dealkylation sites (N-methyl/N-ethyl adjacent to an activating group) is 1. The lowest BCUT2D eigenvalue weighted by Crippen LogP contribution is -2.31. The third-order valence-corrected chi connectivity index (χ3v) is 8.64. The van der Waals surface area contributed by atoms with Crippen molar-refractivity contribution in [1.82, 2.24) is 4.90 Å². The summed E-state index contributed by atoms with van der Waals surface area (Å²) < 4.78 is 11.3. The number of aliphatic hydroxyl groups excluding tert-OH is 1. The fraction of sp³-hybridized carbons (Fsp3) is 0.767. The Morgan fingerprint density at radius 2 is 0.918 bits per heavy atom. The van der Waals surface area contributed by atoms with Gasteiger partial charge in [-0.3, -0.25) is 9.59 Å². The first-order chi connectivity index (χ1) is 24.0. The lowest BCUT2D eigenvalue weighted by atomic mass is 10.1. The van der Waals surface area contributed by atoms with Crippen LogP contribution in [0.15, 0.2) is 48.6 Å². The number of carbonyl (C=O) groups is 2. The van der Waals surface area contributed by atoms with Crippen LogP contribution in [0.1, 0.15) is 174 Å². The third kappa shape index (κ3) is 36.9. The van der Waals surface area contributed by atoms with E-state index < -0.39 is 6.10 Å². The Morgan fingerprint density at radius 3 is 1.31 bits per heavy atom. The zero-order chi connectivity index (χ0) is 35.9. The molecule has 0 fully saturated rings. The molecule has 284 valence electrons. The smallest absolute Gasteiger partial charge is 0.306 e.